The number of hydrogen-bond acceptors (Lipinski definition) is 3. The van der Waals surface area contributed by atoms with Crippen molar-refractivity contribution in [1.29, 1.82) is 0 Å². The normalized spacial score (nSPS) is 15.3. The first-order valence-corrected chi connectivity index (χ1v) is 7.38. The van der Waals surface area contributed by atoms with Crippen LogP contribution in [0.1, 0.15) is 40.7 Å². The lowest BCUT2D eigenvalue weighted by Gasteiger charge is -2.14. The number of hydrogen-bond donors (Lipinski definition) is 0. The van der Waals surface area contributed by atoms with Crippen molar-refractivity contribution >= 4 is 11.6 Å². The Hall–Kier alpha value is -1.90. The number of benzene rings is 1. The zero-order valence-corrected chi connectivity index (χ0v) is 12.8. The van der Waals surface area contributed by atoms with Gasteiger partial charge in [-0.2, -0.15) is 26.3 Å². The quantitative estimate of drug-likeness (QED) is 0.409. The summed E-state index contributed by atoms with van der Waals surface area (Å²) in [7, 11) is 0. The molecule has 0 unspecified atom stereocenters. The molecule has 1 aliphatic rings. The van der Waals surface area contributed by atoms with E-state index in [-0.39, 0.29) is 22.8 Å². The Kier molecular flexibility index (Phi) is 5.55. The van der Waals surface area contributed by atoms with Crippen LogP contribution in [-0.4, -0.2) is 24.3 Å². The van der Waals surface area contributed by atoms with Gasteiger partial charge in [0.1, 0.15) is 12.4 Å². The number of carbonyl (C=O) groups excluding carboxylic acids is 2. The first-order valence-electron chi connectivity index (χ1n) is 7.38. The summed E-state index contributed by atoms with van der Waals surface area (Å²) in [5, 5.41) is 0. The van der Waals surface area contributed by atoms with E-state index in [2.05, 4.69) is 4.74 Å². The van der Waals surface area contributed by atoms with Gasteiger partial charge >= 0.3 is 12.4 Å². The second-order valence-electron chi connectivity index (χ2n) is 5.82. The lowest BCUT2D eigenvalue weighted by atomic mass is 9.97. The van der Waals surface area contributed by atoms with Gasteiger partial charge in [0.2, 0.25) is 0 Å². The van der Waals surface area contributed by atoms with Gasteiger partial charge in [0, 0.05) is 11.5 Å². The summed E-state index contributed by atoms with van der Waals surface area (Å²) >= 11 is 0. The van der Waals surface area contributed by atoms with E-state index in [9.17, 15) is 35.9 Å². The van der Waals surface area contributed by atoms with Crippen molar-refractivity contribution in [2.45, 2.75) is 38.2 Å². The van der Waals surface area contributed by atoms with E-state index in [4.69, 9.17) is 0 Å². The van der Waals surface area contributed by atoms with Crippen LogP contribution >= 0.6 is 0 Å². The van der Waals surface area contributed by atoms with E-state index in [1.807, 2.05) is 0 Å². The first-order chi connectivity index (χ1) is 11.5. The van der Waals surface area contributed by atoms with Gasteiger partial charge in [0.25, 0.3) is 0 Å². The first kappa shape index (κ1) is 19.4. The number of ether oxygens (including phenoxy) is 1. The average molecular weight is 368 g/mol. The van der Waals surface area contributed by atoms with Crippen molar-refractivity contribution in [3.8, 4) is 0 Å². The summed E-state index contributed by atoms with van der Waals surface area (Å²) in [4.78, 5) is 23.8. The van der Waals surface area contributed by atoms with E-state index >= 15 is 0 Å². The maximum absolute atomic E-state index is 12.8. The van der Waals surface area contributed by atoms with Gasteiger partial charge in [-0.15, -0.1) is 0 Å². The van der Waals surface area contributed by atoms with E-state index < -0.39 is 43.3 Å². The molecule has 0 amide bonds. The summed E-state index contributed by atoms with van der Waals surface area (Å²) in [6.45, 7) is -2.47. The topological polar surface area (TPSA) is 43.4 Å². The number of rotatable bonds is 7. The van der Waals surface area contributed by atoms with E-state index in [1.165, 1.54) is 0 Å². The highest BCUT2D eigenvalue weighted by atomic mass is 19.4. The third-order valence-electron chi connectivity index (χ3n) is 3.62. The highest BCUT2D eigenvalue weighted by molar-refractivity contribution is 6.09. The fourth-order valence-electron chi connectivity index (χ4n) is 2.24. The molecule has 0 N–H and O–H groups in total. The second-order valence-corrected chi connectivity index (χ2v) is 5.82. The average Bonchev–Trinajstić information content (AvgIpc) is 3.29. The minimum absolute atomic E-state index is 0.205. The molecule has 0 aromatic heterocycles. The second kappa shape index (κ2) is 7.15. The van der Waals surface area contributed by atoms with Crippen LogP contribution in [0, 0.1) is 5.92 Å². The van der Waals surface area contributed by atoms with Gasteiger partial charge in [-0.25, -0.2) is 0 Å². The number of alkyl halides is 6. The molecule has 1 fully saturated rings. The molecule has 0 atom stereocenters. The van der Waals surface area contributed by atoms with Gasteiger partial charge in [0.15, 0.2) is 5.78 Å². The SMILES string of the molecule is O=C(CC(=O)C1CC1)c1ccc(C(F)(F)F)cc1COCC(F)(F)F. The Bertz CT molecular complexity index is 659. The molecule has 1 saturated carbocycles. The summed E-state index contributed by atoms with van der Waals surface area (Å²) < 4.78 is 79.1. The molecule has 1 aromatic rings. The predicted octanol–water partition coefficient (Wildman–Crippen LogP) is 4.34. The monoisotopic (exact) mass is 368 g/mol. The number of halogens is 6. The van der Waals surface area contributed by atoms with Crippen molar-refractivity contribution in [3.63, 3.8) is 0 Å². The molecule has 138 valence electrons. The molecule has 9 heteroatoms. The van der Waals surface area contributed by atoms with Crippen LogP contribution in [0.5, 0.6) is 0 Å². The summed E-state index contributed by atoms with van der Waals surface area (Å²) in [5.41, 5.74) is -1.67. The molecule has 1 aromatic carbocycles. The molecule has 3 nitrogen and oxygen atoms in total. The predicted molar refractivity (Wildman–Crippen MR) is 73.8 cm³/mol. The van der Waals surface area contributed by atoms with Crippen LogP contribution in [-0.2, 0) is 22.3 Å². The standard InChI is InChI=1S/C16H14F6O3/c17-15(18,19)8-25-7-10-5-11(16(20,21)22)3-4-12(10)14(24)6-13(23)9-1-2-9/h3-5,9H,1-2,6-8H2. The third-order valence-corrected chi connectivity index (χ3v) is 3.62. The number of carbonyl (C=O) groups is 2. The fraction of sp³-hybridized carbons (Fsp3) is 0.500. The summed E-state index contributed by atoms with van der Waals surface area (Å²) in [6.07, 6.45) is -8.51. The fourth-order valence-corrected chi connectivity index (χ4v) is 2.24. The zero-order chi connectivity index (χ0) is 18.8. The van der Waals surface area contributed by atoms with E-state index in [0.29, 0.717) is 25.0 Å². The molecule has 0 spiro atoms. The van der Waals surface area contributed by atoms with Gasteiger partial charge in [-0.1, -0.05) is 6.07 Å². The van der Waals surface area contributed by atoms with Crippen LogP contribution in [0.4, 0.5) is 26.3 Å². The molecule has 25 heavy (non-hydrogen) atoms. The minimum Gasteiger partial charge on any atom is -0.367 e. The van der Waals surface area contributed by atoms with Crippen LogP contribution < -0.4 is 0 Å². The molecule has 0 bridgehead atoms. The Morgan fingerprint density at radius 2 is 1.72 bits per heavy atom. The Morgan fingerprint density at radius 3 is 2.24 bits per heavy atom. The van der Waals surface area contributed by atoms with Crippen molar-refractivity contribution in [2.24, 2.45) is 5.92 Å². The largest absolute Gasteiger partial charge is 0.416 e. The van der Waals surface area contributed by atoms with Crippen molar-refractivity contribution < 1.29 is 40.7 Å². The van der Waals surface area contributed by atoms with E-state index in [0.717, 1.165) is 6.07 Å². The molecular formula is C16H14F6O3. The van der Waals surface area contributed by atoms with Crippen LogP contribution in [0.3, 0.4) is 0 Å². The Labute approximate surface area is 139 Å². The highest BCUT2D eigenvalue weighted by Gasteiger charge is 2.34. The van der Waals surface area contributed by atoms with Gasteiger partial charge in [-0.05, 0) is 30.5 Å². The molecule has 0 radical (unpaired) electrons. The van der Waals surface area contributed by atoms with Gasteiger partial charge in [-0.3, -0.25) is 9.59 Å². The van der Waals surface area contributed by atoms with Gasteiger partial charge < -0.3 is 4.74 Å². The van der Waals surface area contributed by atoms with Crippen molar-refractivity contribution in [3.05, 3.63) is 34.9 Å². The zero-order valence-electron chi connectivity index (χ0n) is 12.8. The summed E-state index contributed by atoms with van der Waals surface area (Å²) in [6, 6.07) is 2.10. The Morgan fingerprint density at radius 1 is 1.08 bits per heavy atom. The number of Topliss-reactive ketones (excluding diaryl/α,β-unsaturated/α-hetero) is 2. The van der Waals surface area contributed by atoms with Gasteiger partial charge in [0.05, 0.1) is 18.6 Å². The molecule has 0 saturated heterocycles. The number of ketones is 2. The molecule has 0 heterocycles. The minimum atomic E-state index is -4.72. The molecule has 0 aliphatic heterocycles. The highest BCUT2D eigenvalue weighted by Crippen LogP contribution is 2.33. The van der Waals surface area contributed by atoms with Crippen LogP contribution in [0.25, 0.3) is 0 Å². The maximum atomic E-state index is 12.8. The molecule has 2 rings (SSSR count). The Balaban J connectivity index is 2.20. The van der Waals surface area contributed by atoms with Crippen LogP contribution in [0.2, 0.25) is 0 Å². The van der Waals surface area contributed by atoms with Crippen molar-refractivity contribution in [2.75, 3.05) is 6.61 Å². The lowest BCUT2D eigenvalue weighted by Crippen LogP contribution is -2.18. The van der Waals surface area contributed by atoms with Crippen LogP contribution in [0.15, 0.2) is 18.2 Å². The lowest BCUT2D eigenvalue weighted by molar-refractivity contribution is -0.176. The molecule has 1 aliphatic carbocycles. The van der Waals surface area contributed by atoms with Crippen molar-refractivity contribution in [1.82, 2.24) is 0 Å². The smallest absolute Gasteiger partial charge is 0.367 e. The van der Waals surface area contributed by atoms with E-state index in [1.54, 1.807) is 0 Å². The summed E-state index contributed by atoms with van der Waals surface area (Å²) in [5.74, 6) is -1.24. The molecular weight excluding hydrogens is 354 g/mol. The maximum Gasteiger partial charge on any atom is 0.416 e. The third kappa shape index (κ3) is 5.84.